The summed E-state index contributed by atoms with van der Waals surface area (Å²) >= 11 is 0. The van der Waals surface area contributed by atoms with E-state index in [0.717, 1.165) is 0 Å². The van der Waals surface area contributed by atoms with Crippen molar-refractivity contribution in [3.63, 3.8) is 0 Å². The number of nitrogens with one attached hydrogen (secondary N) is 2. The number of aromatic nitrogens is 2. The molecule has 7 heteroatoms. The lowest BCUT2D eigenvalue weighted by molar-refractivity contribution is -0.141. The van der Waals surface area contributed by atoms with Crippen LogP contribution in [0.25, 0.3) is 0 Å². The van der Waals surface area contributed by atoms with Gasteiger partial charge in [0.05, 0.1) is 11.9 Å². The van der Waals surface area contributed by atoms with Crippen LogP contribution in [-0.2, 0) is 11.3 Å². The second-order valence-corrected chi connectivity index (χ2v) is 5.32. The third kappa shape index (κ3) is 4.27. The van der Waals surface area contributed by atoms with E-state index in [2.05, 4.69) is 15.7 Å². The van der Waals surface area contributed by atoms with Crippen molar-refractivity contribution in [2.45, 2.75) is 40.3 Å². The summed E-state index contributed by atoms with van der Waals surface area (Å²) in [4.78, 5) is 22.9. The van der Waals surface area contributed by atoms with E-state index in [-0.39, 0.29) is 0 Å². The van der Waals surface area contributed by atoms with Gasteiger partial charge in [0, 0.05) is 12.7 Å². The van der Waals surface area contributed by atoms with Crippen LogP contribution in [-0.4, -0.2) is 32.9 Å². The van der Waals surface area contributed by atoms with Crippen molar-refractivity contribution >= 4 is 17.7 Å². The molecule has 1 heterocycles. The molecule has 0 saturated heterocycles. The first-order valence-electron chi connectivity index (χ1n) is 6.06. The van der Waals surface area contributed by atoms with E-state index < -0.39 is 23.5 Å². The van der Waals surface area contributed by atoms with Crippen LogP contribution in [0.4, 0.5) is 10.5 Å². The van der Waals surface area contributed by atoms with Gasteiger partial charge in [-0.15, -0.1) is 0 Å². The zero-order chi connectivity index (χ0) is 14.6. The molecule has 0 aliphatic carbocycles. The number of hydrogen-bond donors (Lipinski definition) is 3. The monoisotopic (exact) mass is 268 g/mol. The normalized spacial score (nSPS) is 12.8. The number of aliphatic carboxylic acids is 1. The Morgan fingerprint density at radius 2 is 2.11 bits per heavy atom. The Hall–Kier alpha value is -2.05. The van der Waals surface area contributed by atoms with E-state index in [4.69, 9.17) is 5.11 Å². The molecule has 1 rings (SSSR count). The van der Waals surface area contributed by atoms with Gasteiger partial charge in [0.15, 0.2) is 0 Å². The molecule has 3 N–H and O–H groups in total. The Labute approximate surface area is 112 Å². The minimum Gasteiger partial charge on any atom is -0.480 e. The van der Waals surface area contributed by atoms with E-state index in [1.165, 1.54) is 6.20 Å². The maximum Gasteiger partial charge on any atom is 0.326 e. The Morgan fingerprint density at radius 3 is 2.53 bits per heavy atom. The van der Waals surface area contributed by atoms with Crippen molar-refractivity contribution in [1.29, 1.82) is 0 Å². The Kier molecular flexibility index (Phi) is 4.52. The van der Waals surface area contributed by atoms with Gasteiger partial charge in [-0.05, 0) is 12.3 Å². The number of urea groups is 1. The Bertz CT molecular complexity index is 462. The first kappa shape index (κ1) is 15.0. The van der Waals surface area contributed by atoms with Crippen molar-refractivity contribution in [3.8, 4) is 0 Å². The number of hydrogen-bond acceptors (Lipinski definition) is 3. The van der Waals surface area contributed by atoms with Gasteiger partial charge >= 0.3 is 12.0 Å². The number of aryl methyl sites for hydroxylation is 1. The number of carbonyl (C=O) groups excluding carboxylic acids is 1. The number of nitrogens with zero attached hydrogens (tertiary/aromatic N) is 2. The van der Waals surface area contributed by atoms with Crippen molar-refractivity contribution in [1.82, 2.24) is 15.1 Å². The summed E-state index contributed by atoms with van der Waals surface area (Å²) in [6.45, 7) is 7.88. The molecule has 0 aromatic carbocycles. The highest BCUT2D eigenvalue weighted by Crippen LogP contribution is 2.19. The predicted molar refractivity (Wildman–Crippen MR) is 70.9 cm³/mol. The first-order valence-corrected chi connectivity index (χ1v) is 6.06. The summed E-state index contributed by atoms with van der Waals surface area (Å²) in [6.07, 6.45) is 3.18. The quantitative estimate of drug-likeness (QED) is 0.771. The lowest BCUT2D eigenvalue weighted by atomic mass is 9.87. The number of carboxylic acid groups (broad SMARTS) is 1. The van der Waals surface area contributed by atoms with Crippen molar-refractivity contribution in [2.24, 2.45) is 5.41 Å². The molecule has 19 heavy (non-hydrogen) atoms. The molecule has 0 spiro atoms. The standard InChI is InChI=1S/C12H20N4O3/c1-5-16-7-8(6-13-16)14-11(19)15-9(10(17)18)12(2,3)4/h6-7,9H,5H2,1-4H3,(H,17,18)(H2,14,15,19)/t9-/m1/s1. The van der Waals surface area contributed by atoms with Gasteiger partial charge in [0.1, 0.15) is 6.04 Å². The summed E-state index contributed by atoms with van der Waals surface area (Å²) in [7, 11) is 0. The molecule has 1 aromatic heterocycles. The van der Waals surface area contributed by atoms with Gasteiger partial charge in [-0.2, -0.15) is 5.10 Å². The summed E-state index contributed by atoms with van der Waals surface area (Å²) in [5, 5.41) is 18.1. The molecule has 0 aliphatic rings. The van der Waals surface area contributed by atoms with Gasteiger partial charge in [-0.3, -0.25) is 4.68 Å². The molecule has 1 aromatic rings. The molecule has 0 fully saturated rings. The fourth-order valence-electron chi connectivity index (χ4n) is 1.55. The minimum absolute atomic E-state index is 0.525. The largest absolute Gasteiger partial charge is 0.480 e. The lowest BCUT2D eigenvalue weighted by Gasteiger charge is -2.27. The molecule has 2 amide bonds. The third-order valence-electron chi connectivity index (χ3n) is 2.60. The fraction of sp³-hybridized carbons (Fsp3) is 0.583. The summed E-state index contributed by atoms with van der Waals surface area (Å²) < 4.78 is 1.66. The molecule has 7 nitrogen and oxygen atoms in total. The zero-order valence-electron chi connectivity index (χ0n) is 11.6. The molecule has 0 bridgehead atoms. The van der Waals surface area contributed by atoms with Crippen LogP contribution in [0.3, 0.4) is 0 Å². The van der Waals surface area contributed by atoms with E-state index in [1.807, 2.05) is 6.92 Å². The summed E-state index contributed by atoms with van der Waals surface area (Å²) in [5.41, 5.74) is -0.0473. The average Bonchev–Trinajstić information content (AvgIpc) is 2.71. The van der Waals surface area contributed by atoms with E-state index in [9.17, 15) is 9.59 Å². The van der Waals surface area contributed by atoms with Gasteiger partial charge in [-0.1, -0.05) is 20.8 Å². The van der Waals surface area contributed by atoms with Crippen LogP contribution in [0.2, 0.25) is 0 Å². The molecular weight excluding hydrogens is 248 g/mol. The second kappa shape index (κ2) is 5.73. The second-order valence-electron chi connectivity index (χ2n) is 5.32. The molecule has 0 radical (unpaired) electrons. The smallest absolute Gasteiger partial charge is 0.326 e. The highest BCUT2D eigenvalue weighted by atomic mass is 16.4. The maximum absolute atomic E-state index is 11.7. The lowest BCUT2D eigenvalue weighted by Crippen LogP contribution is -2.50. The molecular formula is C12H20N4O3. The van der Waals surface area contributed by atoms with Crippen molar-refractivity contribution in [2.75, 3.05) is 5.32 Å². The number of anilines is 1. The summed E-state index contributed by atoms with van der Waals surface area (Å²) in [5.74, 6) is -1.06. The Morgan fingerprint density at radius 1 is 1.47 bits per heavy atom. The number of amides is 2. The van der Waals surface area contributed by atoms with Crippen LogP contribution in [0.5, 0.6) is 0 Å². The maximum atomic E-state index is 11.7. The Balaban J connectivity index is 2.65. The van der Waals surface area contributed by atoms with Crippen molar-refractivity contribution < 1.29 is 14.7 Å². The summed E-state index contributed by atoms with van der Waals surface area (Å²) in [6, 6.07) is -1.52. The van der Waals surface area contributed by atoms with Gasteiger partial charge < -0.3 is 15.7 Å². The SMILES string of the molecule is CCn1cc(NC(=O)N[C@H](C(=O)O)C(C)(C)C)cn1. The van der Waals surface area contributed by atoms with Crippen LogP contribution >= 0.6 is 0 Å². The van der Waals surface area contributed by atoms with Crippen LogP contribution in [0.15, 0.2) is 12.4 Å². The first-order chi connectivity index (χ1) is 8.74. The van der Waals surface area contributed by atoms with Crippen molar-refractivity contribution in [3.05, 3.63) is 12.4 Å². The van der Waals surface area contributed by atoms with Crippen LogP contribution in [0, 0.1) is 5.41 Å². The van der Waals surface area contributed by atoms with E-state index in [0.29, 0.717) is 12.2 Å². The molecule has 0 aliphatic heterocycles. The van der Waals surface area contributed by atoms with Crippen LogP contribution in [0.1, 0.15) is 27.7 Å². The number of rotatable bonds is 4. The number of carboxylic acids is 1. The van der Waals surface area contributed by atoms with E-state index >= 15 is 0 Å². The third-order valence-corrected chi connectivity index (χ3v) is 2.60. The minimum atomic E-state index is -1.06. The van der Waals surface area contributed by atoms with Crippen LogP contribution < -0.4 is 10.6 Å². The fourth-order valence-corrected chi connectivity index (χ4v) is 1.55. The molecule has 1 atom stereocenters. The molecule has 0 saturated carbocycles. The van der Waals surface area contributed by atoms with Gasteiger partial charge in [0.2, 0.25) is 0 Å². The average molecular weight is 268 g/mol. The molecule has 106 valence electrons. The highest BCUT2D eigenvalue weighted by molar-refractivity contribution is 5.92. The van der Waals surface area contributed by atoms with Gasteiger partial charge in [0.25, 0.3) is 0 Å². The van der Waals surface area contributed by atoms with E-state index in [1.54, 1.807) is 31.6 Å². The highest BCUT2D eigenvalue weighted by Gasteiger charge is 2.32. The zero-order valence-corrected chi connectivity index (χ0v) is 11.6. The van der Waals surface area contributed by atoms with Gasteiger partial charge in [-0.25, -0.2) is 9.59 Å². The molecule has 0 unspecified atom stereocenters. The predicted octanol–water partition coefficient (Wildman–Crippen LogP) is 1.52. The number of carbonyl (C=O) groups is 2. The topological polar surface area (TPSA) is 96.2 Å².